The van der Waals surface area contributed by atoms with Crippen molar-refractivity contribution in [2.75, 3.05) is 26.3 Å². The molecule has 0 aromatic carbocycles. The third-order valence-electron chi connectivity index (χ3n) is 3.31. The molecule has 1 aliphatic heterocycles. The number of ether oxygens (including phenoxy) is 1. The number of hydrogen-bond donors (Lipinski definition) is 1. The molecular formula is C13H22N2O3. The Morgan fingerprint density at radius 3 is 2.94 bits per heavy atom. The van der Waals surface area contributed by atoms with Crippen LogP contribution in [0.1, 0.15) is 33.1 Å². The summed E-state index contributed by atoms with van der Waals surface area (Å²) in [6.45, 7) is 6.64. The molecule has 1 aliphatic rings. The predicted molar refractivity (Wildman–Crippen MR) is 67.1 cm³/mol. The van der Waals surface area contributed by atoms with Gasteiger partial charge in [0.25, 0.3) is 0 Å². The van der Waals surface area contributed by atoms with Gasteiger partial charge in [0.1, 0.15) is 0 Å². The van der Waals surface area contributed by atoms with Crippen molar-refractivity contribution in [3.63, 3.8) is 0 Å². The first-order chi connectivity index (χ1) is 8.44. The number of morpholine rings is 1. The lowest BCUT2D eigenvalue weighted by molar-refractivity contribution is -0.140. The second kappa shape index (κ2) is 6.72. The number of carboxylic acids is 1. The molecule has 0 radical (unpaired) electrons. The number of hydrogen-bond acceptors (Lipinski definition) is 4. The molecule has 5 heteroatoms. The number of aliphatic carboxylic acids is 1. The minimum atomic E-state index is -0.784. The molecule has 0 aromatic heterocycles. The highest BCUT2D eigenvalue weighted by atomic mass is 16.5. The molecular weight excluding hydrogens is 232 g/mol. The summed E-state index contributed by atoms with van der Waals surface area (Å²) in [5.74, 6) is -0.784. The molecule has 5 nitrogen and oxygen atoms in total. The first kappa shape index (κ1) is 14.9. The smallest absolute Gasteiger partial charge is 0.305 e. The normalized spacial score (nSPS) is 21.5. The van der Waals surface area contributed by atoms with Gasteiger partial charge in [-0.1, -0.05) is 0 Å². The van der Waals surface area contributed by atoms with E-state index < -0.39 is 5.97 Å². The lowest BCUT2D eigenvalue weighted by Crippen LogP contribution is -2.46. The van der Waals surface area contributed by atoms with Gasteiger partial charge in [-0.2, -0.15) is 5.26 Å². The van der Waals surface area contributed by atoms with Gasteiger partial charge in [0, 0.05) is 12.6 Å². The van der Waals surface area contributed by atoms with Gasteiger partial charge in [0.05, 0.1) is 31.1 Å². The quantitative estimate of drug-likeness (QED) is 0.777. The number of rotatable bonds is 6. The molecule has 18 heavy (non-hydrogen) atoms. The number of carboxylic acid groups (broad SMARTS) is 1. The molecule has 1 heterocycles. The zero-order chi connectivity index (χ0) is 13.6. The summed E-state index contributed by atoms with van der Waals surface area (Å²) in [7, 11) is 0. The van der Waals surface area contributed by atoms with E-state index in [-0.39, 0.29) is 17.9 Å². The fourth-order valence-electron chi connectivity index (χ4n) is 2.15. The van der Waals surface area contributed by atoms with E-state index in [1.165, 1.54) is 0 Å². The van der Waals surface area contributed by atoms with E-state index >= 15 is 0 Å². The van der Waals surface area contributed by atoms with Crippen molar-refractivity contribution < 1.29 is 14.6 Å². The molecule has 0 spiro atoms. The maximum absolute atomic E-state index is 10.8. The van der Waals surface area contributed by atoms with Gasteiger partial charge in [0.15, 0.2) is 0 Å². The Balaban J connectivity index is 2.38. The van der Waals surface area contributed by atoms with Crippen molar-refractivity contribution in [1.82, 2.24) is 4.90 Å². The molecule has 1 fully saturated rings. The summed E-state index contributed by atoms with van der Waals surface area (Å²) in [5.41, 5.74) is -0.297. The van der Waals surface area contributed by atoms with Crippen LogP contribution >= 0.6 is 0 Å². The van der Waals surface area contributed by atoms with Crippen molar-refractivity contribution in [1.29, 1.82) is 5.26 Å². The molecule has 0 saturated carbocycles. The number of nitriles is 1. The van der Waals surface area contributed by atoms with Gasteiger partial charge in [-0.3, -0.25) is 9.69 Å². The topological polar surface area (TPSA) is 73.6 Å². The molecule has 1 saturated heterocycles. The maximum Gasteiger partial charge on any atom is 0.305 e. The lowest BCUT2D eigenvalue weighted by atomic mass is 9.89. The fraction of sp³-hybridized carbons (Fsp3) is 0.846. The van der Waals surface area contributed by atoms with E-state index in [2.05, 4.69) is 11.0 Å². The molecule has 102 valence electrons. The number of carbonyl (C=O) groups is 1. The maximum atomic E-state index is 10.8. The largest absolute Gasteiger partial charge is 0.481 e. The third-order valence-corrected chi connectivity index (χ3v) is 3.31. The minimum Gasteiger partial charge on any atom is -0.481 e. The van der Waals surface area contributed by atoms with Gasteiger partial charge in [-0.25, -0.2) is 0 Å². The zero-order valence-electron chi connectivity index (χ0n) is 11.2. The molecule has 0 amide bonds. The lowest BCUT2D eigenvalue weighted by Gasteiger charge is -2.35. The Kier molecular flexibility index (Phi) is 5.57. The van der Waals surface area contributed by atoms with Gasteiger partial charge in [-0.05, 0) is 33.2 Å². The van der Waals surface area contributed by atoms with Crippen molar-refractivity contribution in [2.45, 2.75) is 39.2 Å². The summed E-state index contributed by atoms with van der Waals surface area (Å²) >= 11 is 0. The summed E-state index contributed by atoms with van der Waals surface area (Å²) in [6.07, 6.45) is 1.87. The van der Waals surface area contributed by atoms with E-state index in [0.29, 0.717) is 13.2 Å². The standard InChI is InChI=1S/C13H22N2O3/c1-13(2,10-14)4-3-5-15-6-7-18-9-11(15)8-12(16)17/h11H,3-9H2,1-2H3,(H,16,17). The van der Waals surface area contributed by atoms with Crippen LogP contribution in [-0.4, -0.2) is 48.3 Å². The van der Waals surface area contributed by atoms with E-state index in [0.717, 1.165) is 25.9 Å². The van der Waals surface area contributed by atoms with E-state index in [9.17, 15) is 4.79 Å². The van der Waals surface area contributed by atoms with Crippen molar-refractivity contribution in [2.24, 2.45) is 5.41 Å². The molecule has 1 atom stereocenters. The zero-order valence-corrected chi connectivity index (χ0v) is 11.2. The van der Waals surface area contributed by atoms with E-state index in [1.54, 1.807) is 0 Å². The van der Waals surface area contributed by atoms with Crippen LogP contribution in [0.4, 0.5) is 0 Å². The second-order valence-corrected chi connectivity index (χ2v) is 5.46. The Morgan fingerprint density at radius 2 is 2.33 bits per heavy atom. The van der Waals surface area contributed by atoms with Crippen LogP contribution in [0.15, 0.2) is 0 Å². The summed E-state index contributed by atoms with van der Waals surface area (Å²) in [6, 6.07) is 2.26. The summed E-state index contributed by atoms with van der Waals surface area (Å²) in [5, 5.41) is 17.8. The average Bonchev–Trinajstić information content (AvgIpc) is 2.30. The Morgan fingerprint density at radius 1 is 1.61 bits per heavy atom. The molecule has 1 rings (SSSR count). The minimum absolute atomic E-state index is 0.0264. The first-order valence-electron chi connectivity index (χ1n) is 6.39. The average molecular weight is 254 g/mol. The SMILES string of the molecule is CC(C)(C#N)CCCN1CCOCC1CC(=O)O. The van der Waals surface area contributed by atoms with Crippen LogP contribution in [0.2, 0.25) is 0 Å². The van der Waals surface area contributed by atoms with Crippen LogP contribution in [0.3, 0.4) is 0 Å². The van der Waals surface area contributed by atoms with Gasteiger partial charge < -0.3 is 9.84 Å². The monoisotopic (exact) mass is 254 g/mol. The Labute approximate surface area is 108 Å². The molecule has 0 bridgehead atoms. The highest BCUT2D eigenvalue weighted by molar-refractivity contribution is 5.67. The fourth-order valence-corrected chi connectivity index (χ4v) is 2.15. The summed E-state index contributed by atoms with van der Waals surface area (Å²) in [4.78, 5) is 12.9. The molecule has 1 N–H and O–H groups in total. The Hall–Kier alpha value is -1.12. The molecule has 0 aromatic rings. The van der Waals surface area contributed by atoms with Crippen LogP contribution in [0.25, 0.3) is 0 Å². The number of nitrogens with zero attached hydrogens (tertiary/aromatic N) is 2. The Bertz CT molecular complexity index is 323. The summed E-state index contributed by atoms with van der Waals surface area (Å²) < 4.78 is 5.32. The van der Waals surface area contributed by atoms with E-state index in [4.69, 9.17) is 15.1 Å². The molecule has 1 unspecified atom stereocenters. The van der Waals surface area contributed by atoms with Gasteiger partial charge >= 0.3 is 5.97 Å². The molecule has 0 aliphatic carbocycles. The van der Waals surface area contributed by atoms with E-state index in [1.807, 2.05) is 13.8 Å². The van der Waals surface area contributed by atoms with Crippen molar-refractivity contribution >= 4 is 5.97 Å². The first-order valence-corrected chi connectivity index (χ1v) is 6.39. The van der Waals surface area contributed by atoms with Crippen molar-refractivity contribution in [3.05, 3.63) is 0 Å². The predicted octanol–water partition coefficient (Wildman–Crippen LogP) is 1.49. The van der Waals surface area contributed by atoms with Crippen LogP contribution in [0, 0.1) is 16.7 Å². The third kappa shape index (κ3) is 5.03. The van der Waals surface area contributed by atoms with Crippen molar-refractivity contribution in [3.8, 4) is 6.07 Å². The van der Waals surface area contributed by atoms with Crippen LogP contribution < -0.4 is 0 Å². The van der Waals surface area contributed by atoms with Crippen LogP contribution in [-0.2, 0) is 9.53 Å². The highest BCUT2D eigenvalue weighted by Gasteiger charge is 2.25. The second-order valence-electron chi connectivity index (χ2n) is 5.46. The van der Waals surface area contributed by atoms with Gasteiger partial charge in [-0.15, -0.1) is 0 Å². The van der Waals surface area contributed by atoms with Gasteiger partial charge in [0.2, 0.25) is 0 Å². The van der Waals surface area contributed by atoms with Crippen LogP contribution in [0.5, 0.6) is 0 Å². The highest BCUT2D eigenvalue weighted by Crippen LogP contribution is 2.21.